The predicted octanol–water partition coefficient (Wildman–Crippen LogP) is 0.964. The van der Waals surface area contributed by atoms with Crippen LogP contribution in [0.1, 0.15) is 23.6 Å². The molecule has 0 unspecified atom stereocenters. The predicted molar refractivity (Wildman–Crippen MR) is 90.6 cm³/mol. The fourth-order valence-electron chi connectivity index (χ4n) is 3.24. The first kappa shape index (κ1) is 17.6. The van der Waals surface area contributed by atoms with E-state index in [0.29, 0.717) is 12.5 Å². The van der Waals surface area contributed by atoms with Gasteiger partial charge in [0.2, 0.25) is 5.91 Å². The van der Waals surface area contributed by atoms with E-state index in [-0.39, 0.29) is 12.5 Å². The Bertz CT molecular complexity index is 696. The molecular weight excluding hydrogens is 322 g/mol. The van der Waals surface area contributed by atoms with Crippen LogP contribution < -0.4 is 5.32 Å². The van der Waals surface area contributed by atoms with Crippen molar-refractivity contribution in [2.24, 2.45) is 5.92 Å². The number of hydrogen-bond donors (Lipinski definition) is 1. The standard InChI is InChI=1S/C17H25N5O3/c1-13-7-15(20-25-13)10-21-8-14(3-5-18-17(23)12-24-2)9-22-16(11-21)4-6-19-22/h4,6-7,14H,3,5,8-12H2,1-2H3,(H,18,23)/t14-/m1/s1. The summed E-state index contributed by atoms with van der Waals surface area (Å²) in [5, 5.41) is 11.4. The minimum absolute atomic E-state index is 0.0779. The summed E-state index contributed by atoms with van der Waals surface area (Å²) in [6, 6.07) is 4.03. The topological polar surface area (TPSA) is 85.4 Å². The van der Waals surface area contributed by atoms with Crippen LogP contribution in [0.5, 0.6) is 0 Å². The molecule has 0 radical (unpaired) electrons. The molecule has 8 heteroatoms. The fraction of sp³-hybridized carbons (Fsp3) is 0.588. The van der Waals surface area contributed by atoms with Crippen LogP contribution in [0.2, 0.25) is 0 Å². The second-order valence-corrected chi connectivity index (χ2v) is 6.54. The van der Waals surface area contributed by atoms with Crippen molar-refractivity contribution in [2.75, 3.05) is 26.8 Å². The van der Waals surface area contributed by atoms with Gasteiger partial charge in [-0.15, -0.1) is 0 Å². The zero-order valence-corrected chi connectivity index (χ0v) is 14.8. The Morgan fingerprint density at radius 1 is 1.48 bits per heavy atom. The summed E-state index contributed by atoms with van der Waals surface area (Å²) < 4.78 is 12.1. The Labute approximate surface area is 147 Å². The molecule has 2 aromatic rings. The molecule has 3 rings (SSSR count). The lowest BCUT2D eigenvalue weighted by Gasteiger charge is -2.23. The van der Waals surface area contributed by atoms with Crippen LogP contribution in [0.25, 0.3) is 0 Å². The van der Waals surface area contributed by atoms with Crippen LogP contribution in [0.3, 0.4) is 0 Å². The van der Waals surface area contributed by atoms with Crippen molar-refractivity contribution in [2.45, 2.75) is 33.0 Å². The normalized spacial score (nSPS) is 17.9. The lowest BCUT2D eigenvalue weighted by Crippen LogP contribution is -2.32. The summed E-state index contributed by atoms with van der Waals surface area (Å²) in [7, 11) is 1.52. The number of fused-ring (bicyclic) bond motifs is 1. The van der Waals surface area contributed by atoms with Crippen LogP contribution in [-0.2, 0) is 29.2 Å². The number of aryl methyl sites for hydroxylation is 1. The maximum absolute atomic E-state index is 11.5. The molecule has 0 aliphatic carbocycles. The minimum atomic E-state index is -0.0779. The first-order chi connectivity index (χ1) is 12.1. The number of hydrogen-bond acceptors (Lipinski definition) is 6. The van der Waals surface area contributed by atoms with Gasteiger partial charge >= 0.3 is 0 Å². The third-order valence-corrected chi connectivity index (χ3v) is 4.35. The van der Waals surface area contributed by atoms with E-state index in [1.54, 1.807) is 0 Å². The zero-order valence-electron chi connectivity index (χ0n) is 14.8. The monoisotopic (exact) mass is 347 g/mol. The van der Waals surface area contributed by atoms with Crippen molar-refractivity contribution in [1.29, 1.82) is 0 Å². The summed E-state index contributed by atoms with van der Waals surface area (Å²) in [5.74, 6) is 1.15. The molecule has 1 aliphatic heterocycles. The van der Waals surface area contributed by atoms with Gasteiger partial charge in [-0.3, -0.25) is 14.4 Å². The van der Waals surface area contributed by atoms with Crippen molar-refractivity contribution in [3.05, 3.63) is 35.5 Å². The lowest BCUT2D eigenvalue weighted by atomic mass is 10.1. The average molecular weight is 347 g/mol. The fourth-order valence-corrected chi connectivity index (χ4v) is 3.24. The summed E-state index contributed by atoms with van der Waals surface area (Å²) in [6.45, 7) is 6.01. The summed E-state index contributed by atoms with van der Waals surface area (Å²) in [6.07, 6.45) is 2.74. The highest BCUT2D eigenvalue weighted by Crippen LogP contribution is 2.20. The molecule has 0 aromatic carbocycles. The van der Waals surface area contributed by atoms with E-state index < -0.39 is 0 Å². The highest BCUT2D eigenvalue weighted by atomic mass is 16.5. The summed E-state index contributed by atoms with van der Waals surface area (Å²) in [5.41, 5.74) is 2.14. The Hall–Kier alpha value is -2.19. The molecule has 0 saturated carbocycles. The zero-order chi connectivity index (χ0) is 17.6. The number of ether oxygens (including phenoxy) is 1. The molecule has 2 aromatic heterocycles. The molecule has 1 N–H and O–H groups in total. The Kier molecular flexibility index (Phi) is 5.83. The van der Waals surface area contributed by atoms with Crippen molar-refractivity contribution in [1.82, 2.24) is 25.2 Å². The lowest BCUT2D eigenvalue weighted by molar-refractivity contribution is -0.124. The first-order valence-electron chi connectivity index (χ1n) is 8.55. The van der Waals surface area contributed by atoms with Gasteiger partial charge in [-0.2, -0.15) is 5.10 Å². The maximum Gasteiger partial charge on any atom is 0.245 e. The van der Waals surface area contributed by atoms with E-state index in [1.807, 2.05) is 19.2 Å². The minimum Gasteiger partial charge on any atom is -0.375 e. The molecule has 25 heavy (non-hydrogen) atoms. The SMILES string of the molecule is COCC(=O)NCC[C@@H]1CN(Cc2cc(C)on2)Cc2ccnn2C1. The molecule has 0 spiro atoms. The van der Waals surface area contributed by atoms with Gasteiger partial charge in [0.05, 0.1) is 11.4 Å². The number of rotatable bonds is 7. The van der Waals surface area contributed by atoms with E-state index in [0.717, 1.165) is 44.1 Å². The second kappa shape index (κ2) is 8.26. The maximum atomic E-state index is 11.5. The molecule has 1 aliphatic rings. The number of nitrogens with zero attached hydrogens (tertiary/aromatic N) is 4. The molecule has 0 saturated heterocycles. The van der Waals surface area contributed by atoms with E-state index in [2.05, 4.69) is 31.2 Å². The van der Waals surface area contributed by atoms with E-state index >= 15 is 0 Å². The summed E-state index contributed by atoms with van der Waals surface area (Å²) in [4.78, 5) is 13.9. The third-order valence-electron chi connectivity index (χ3n) is 4.35. The largest absolute Gasteiger partial charge is 0.375 e. The molecular formula is C17H25N5O3. The van der Waals surface area contributed by atoms with E-state index in [4.69, 9.17) is 9.26 Å². The first-order valence-corrected chi connectivity index (χ1v) is 8.55. The highest BCUT2D eigenvalue weighted by Gasteiger charge is 2.23. The molecule has 1 atom stereocenters. The molecule has 136 valence electrons. The Morgan fingerprint density at radius 3 is 3.12 bits per heavy atom. The molecule has 0 bridgehead atoms. The van der Waals surface area contributed by atoms with Crippen LogP contribution in [0.4, 0.5) is 0 Å². The molecule has 3 heterocycles. The number of nitrogens with one attached hydrogen (secondary N) is 1. The van der Waals surface area contributed by atoms with Crippen molar-refractivity contribution >= 4 is 5.91 Å². The van der Waals surface area contributed by atoms with Crippen molar-refractivity contribution in [3.63, 3.8) is 0 Å². The number of aromatic nitrogens is 3. The second-order valence-electron chi connectivity index (χ2n) is 6.54. The molecule has 1 amide bonds. The molecule has 8 nitrogen and oxygen atoms in total. The highest BCUT2D eigenvalue weighted by molar-refractivity contribution is 5.77. The van der Waals surface area contributed by atoms with Gasteiger partial charge in [0.15, 0.2) is 0 Å². The number of methoxy groups -OCH3 is 1. The van der Waals surface area contributed by atoms with Crippen LogP contribution in [-0.4, -0.2) is 52.6 Å². The summed E-state index contributed by atoms with van der Waals surface area (Å²) >= 11 is 0. The van der Waals surface area contributed by atoms with Gasteiger partial charge in [0.25, 0.3) is 0 Å². The number of carbonyl (C=O) groups is 1. The van der Waals surface area contributed by atoms with E-state index in [1.165, 1.54) is 12.8 Å². The smallest absolute Gasteiger partial charge is 0.245 e. The van der Waals surface area contributed by atoms with Gasteiger partial charge in [0, 0.05) is 52.1 Å². The van der Waals surface area contributed by atoms with Crippen molar-refractivity contribution < 1.29 is 14.1 Å². The van der Waals surface area contributed by atoms with Crippen LogP contribution in [0.15, 0.2) is 22.9 Å². The Balaban J connectivity index is 1.61. The third kappa shape index (κ3) is 4.90. The quantitative estimate of drug-likeness (QED) is 0.803. The molecule has 0 fully saturated rings. The van der Waals surface area contributed by atoms with Gasteiger partial charge < -0.3 is 14.6 Å². The van der Waals surface area contributed by atoms with Gasteiger partial charge in [-0.25, -0.2) is 0 Å². The van der Waals surface area contributed by atoms with Crippen LogP contribution >= 0.6 is 0 Å². The Morgan fingerprint density at radius 2 is 2.36 bits per heavy atom. The van der Waals surface area contributed by atoms with Gasteiger partial charge in [0.1, 0.15) is 12.4 Å². The van der Waals surface area contributed by atoms with E-state index in [9.17, 15) is 4.79 Å². The van der Waals surface area contributed by atoms with Gasteiger partial charge in [-0.1, -0.05) is 5.16 Å². The number of carbonyl (C=O) groups excluding carboxylic acids is 1. The van der Waals surface area contributed by atoms with Crippen LogP contribution in [0, 0.1) is 12.8 Å². The van der Waals surface area contributed by atoms with Crippen molar-refractivity contribution in [3.8, 4) is 0 Å². The average Bonchev–Trinajstić information content (AvgIpc) is 3.13. The number of amides is 1. The van der Waals surface area contributed by atoms with Gasteiger partial charge in [-0.05, 0) is 25.3 Å².